The van der Waals surface area contributed by atoms with Crippen molar-refractivity contribution in [1.82, 2.24) is 4.98 Å². The average Bonchev–Trinajstić information content (AvgIpc) is 2.15. The second kappa shape index (κ2) is 5.07. The lowest BCUT2D eigenvalue weighted by atomic mass is 10.2. The monoisotopic (exact) mass is 250 g/mol. The highest BCUT2D eigenvalue weighted by atomic mass is 35.5. The van der Waals surface area contributed by atoms with Crippen molar-refractivity contribution >= 4 is 23.4 Å². The number of pyridine rings is 1. The second-order valence-corrected chi connectivity index (χ2v) is 3.47. The Morgan fingerprint density at radius 1 is 1.62 bits per heavy atom. The first-order valence-corrected chi connectivity index (χ1v) is 4.68. The summed E-state index contributed by atoms with van der Waals surface area (Å²) >= 11 is 5.58. The van der Waals surface area contributed by atoms with Gasteiger partial charge in [-0.25, -0.2) is 18.6 Å². The van der Waals surface area contributed by atoms with Crippen molar-refractivity contribution < 1.29 is 18.7 Å². The summed E-state index contributed by atoms with van der Waals surface area (Å²) in [5.74, 6) is -1.31. The van der Waals surface area contributed by atoms with Crippen molar-refractivity contribution in [3.05, 3.63) is 22.8 Å². The fourth-order valence-electron chi connectivity index (χ4n) is 1.18. The molecule has 1 aromatic rings. The summed E-state index contributed by atoms with van der Waals surface area (Å²) in [6.45, 7) is -0.604. The Hall–Kier alpha value is -1.43. The second-order valence-electron chi connectivity index (χ2n) is 3.08. The van der Waals surface area contributed by atoms with Gasteiger partial charge in [0.25, 0.3) is 6.43 Å². The molecule has 88 valence electrons. The van der Waals surface area contributed by atoms with E-state index < -0.39 is 18.9 Å². The first kappa shape index (κ1) is 12.6. The van der Waals surface area contributed by atoms with Gasteiger partial charge in [-0.1, -0.05) is 11.6 Å². The zero-order valence-electron chi connectivity index (χ0n) is 8.32. The van der Waals surface area contributed by atoms with Gasteiger partial charge in [0.2, 0.25) is 0 Å². The lowest BCUT2D eigenvalue weighted by Crippen LogP contribution is -2.26. The maximum absolute atomic E-state index is 12.2. The van der Waals surface area contributed by atoms with Crippen LogP contribution < -0.4 is 4.90 Å². The third kappa shape index (κ3) is 3.03. The van der Waals surface area contributed by atoms with Crippen molar-refractivity contribution in [3.63, 3.8) is 0 Å². The van der Waals surface area contributed by atoms with Crippen LogP contribution in [0.15, 0.2) is 12.1 Å². The first-order chi connectivity index (χ1) is 7.41. The van der Waals surface area contributed by atoms with E-state index in [0.29, 0.717) is 0 Å². The predicted molar refractivity (Wildman–Crippen MR) is 55.5 cm³/mol. The van der Waals surface area contributed by atoms with E-state index in [2.05, 4.69) is 4.98 Å². The summed E-state index contributed by atoms with van der Waals surface area (Å²) < 4.78 is 24.3. The number of carboxylic acids is 1. The molecule has 0 amide bonds. The number of carbonyl (C=O) groups is 1. The van der Waals surface area contributed by atoms with E-state index in [1.165, 1.54) is 19.2 Å². The molecule has 0 fully saturated rings. The minimum absolute atomic E-state index is 0.0566. The van der Waals surface area contributed by atoms with E-state index >= 15 is 0 Å². The van der Waals surface area contributed by atoms with Crippen molar-refractivity contribution in [3.8, 4) is 0 Å². The van der Waals surface area contributed by atoms with Crippen molar-refractivity contribution in [1.29, 1.82) is 0 Å². The van der Waals surface area contributed by atoms with E-state index in [4.69, 9.17) is 16.7 Å². The smallest absolute Gasteiger partial charge is 0.339 e. The Labute approximate surface area is 95.5 Å². The number of aromatic nitrogens is 1. The van der Waals surface area contributed by atoms with Crippen LogP contribution in [0.3, 0.4) is 0 Å². The van der Waals surface area contributed by atoms with E-state index in [-0.39, 0.29) is 16.5 Å². The third-order valence-corrected chi connectivity index (χ3v) is 2.06. The van der Waals surface area contributed by atoms with Crippen LogP contribution in [0.25, 0.3) is 0 Å². The Bertz CT molecular complexity index is 401. The van der Waals surface area contributed by atoms with Crippen molar-refractivity contribution in [2.75, 3.05) is 18.5 Å². The van der Waals surface area contributed by atoms with Gasteiger partial charge in [-0.15, -0.1) is 0 Å². The number of halogens is 3. The standard InChI is InChI=1S/C9H9ClF2N2O2/c1-14(4-7(11)12)8-5(9(15)16)2-3-6(10)13-8/h2-3,7H,4H2,1H3,(H,15,16). The normalized spacial score (nSPS) is 10.6. The van der Waals surface area contributed by atoms with Crippen LogP contribution in [0.2, 0.25) is 5.15 Å². The van der Waals surface area contributed by atoms with Gasteiger partial charge in [-0.2, -0.15) is 0 Å². The Morgan fingerprint density at radius 2 is 2.25 bits per heavy atom. The van der Waals surface area contributed by atoms with E-state index in [1.54, 1.807) is 0 Å². The van der Waals surface area contributed by atoms with Gasteiger partial charge in [0.15, 0.2) is 0 Å². The highest BCUT2D eigenvalue weighted by Gasteiger charge is 2.18. The molecular weight excluding hydrogens is 242 g/mol. The molecule has 16 heavy (non-hydrogen) atoms. The molecule has 0 aliphatic carbocycles. The molecule has 0 unspecified atom stereocenters. The van der Waals surface area contributed by atoms with Crippen LogP contribution in [0, 0.1) is 0 Å². The van der Waals surface area contributed by atoms with E-state index in [1.807, 2.05) is 0 Å². The molecule has 1 N–H and O–H groups in total. The Balaban J connectivity index is 3.09. The molecule has 0 radical (unpaired) electrons. The minimum Gasteiger partial charge on any atom is -0.478 e. The maximum atomic E-state index is 12.2. The Kier molecular flexibility index (Phi) is 4.00. The fraction of sp³-hybridized carbons (Fsp3) is 0.333. The van der Waals surface area contributed by atoms with Gasteiger partial charge >= 0.3 is 5.97 Å². The lowest BCUT2D eigenvalue weighted by Gasteiger charge is -2.19. The average molecular weight is 251 g/mol. The minimum atomic E-state index is -2.58. The summed E-state index contributed by atoms with van der Waals surface area (Å²) in [4.78, 5) is 15.6. The molecule has 0 atom stereocenters. The lowest BCUT2D eigenvalue weighted by molar-refractivity contribution is 0.0696. The molecule has 0 aromatic carbocycles. The molecule has 0 aliphatic rings. The molecule has 1 heterocycles. The van der Waals surface area contributed by atoms with Crippen LogP contribution in [0.1, 0.15) is 10.4 Å². The molecule has 4 nitrogen and oxygen atoms in total. The molecule has 0 saturated carbocycles. The quantitative estimate of drug-likeness (QED) is 0.832. The van der Waals surface area contributed by atoms with Gasteiger partial charge in [0.1, 0.15) is 16.5 Å². The van der Waals surface area contributed by atoms with Crippen LogP contribution in [-0.2, 0) is 0 Å². The number of anilines is 1. The van der Waals surface area contributed by atoms with E-state index in [9.17, 15) is 13.6 Å². The molecule has 0 spiro atoms. The number of hydrogen-bond acceptors (Lipinski definition) is 3. The third-order valence-electron chi connectivity index (χ3n) is 1.84. The van der Waals surface area contributed by atoms with Crippen molar-refractivity contribution in [2.24, 2.45) is 0 Å². The highest BCUT2D eigenvalue weighted by molar-refractivity contribution is 6.29. The summed E-state index contributed by atoms with van der Waals surface area (Å²) in [6.07, 6.45) is -2.58. The molecule has 0 bridgehead atoms. The Morgan fingerprint density at radius 3 is 2.75 bits per heavy atom. The largest absolute Gasteiger partial charge is 0.478 e. The summed E-state index contributed by atoms with van der Waals surface area (Å²) in [6, 6.07) is 2.53. The van der Waals surface area contributed by atoms with Gasteiger partial charge in [-0.3, -0.25) is 0 Å². The highest BCUT2D eigenvalue weighted by Crippen LogP contribution is 2.20. The number of nitrogens with zero attached hydrogens (tertiary/aromatic N) is 2. The molecule has 7 heteroatoms. The molecular formula is C9H9ClF2N2O2. The molecule has 0 aliphatic heterocycles. The summed E-state index contributed by atoms with van der Waals surface area (Å²) in [5.41, 5.74) is -0.160. The van der Waals surface area contributed by atoms with Crippen LogP contribution in [0.5, 0.6) is 0 Å². The van der Waals surface area contributed by atoms with E-state index in [0.717, 1.165) is 4.90 Å². The van der Waals surface area contributed by atoms with Crippen molar-refractivity contribution in [2.45, 2.75) is 6.43 Å². The zero-order valence-corrected chi connectivity index (χ0v) is 9.08. The maximum Gasteiger partial charge on any atom is 0.339 e. The SMILES string of the molecule is CN(CC(F)F)c1nc(Cl)ccc1C(=O)O. The van der Waals surface area contributed by atoms with Crippen LogP contribution in [0.4, 0.5) is 14.6 Å². The predicted octanol–water partition coefficient (Wildman–Crippen LogP) is 2.13. The molecule has 1 rings (SSSR count). The number of hydrogen-bond donors (Lipinski definition) is 1. The number of aromatic carboxylic acids is 1. The summed E-state index contributed by atoms with van der Waals surface area (Å²) in [7, 11) is 1.33. The topological polar surface area (TPSA) is 53.4 Å². The van der Waals surface area contributed by atoms with Crippen LogP contribution >= 0.6 is 11.6 Å². The number of alkyl halides is 2. The summed E-state index contributed by atoms with van der Waals surface area (Å²) in [5, 5.41) is 8.90. The van der Waals surface area contributed by atoms with Gasteiger partial charge < -0.3 is 10.0 Å². The van der Waals surface area contributed by atoms with Gasteiger partial charge in [-0.05, 0) is 12.1 Å². The van der Waals surface area contributed by atoms with Gasteiger partial charge in [0.05, 0.1) is 6.54 Å². The van der Waals surface area contributed by atoms with Crippen LogP contribution in [-0.4, -0.2) is 36.1 Å². The first-order valence-electron chi connectivity index (χ1n) is 4.31. The molecule has 0 saturated heterocycles. The fourth-order valence-corrected chi connectivity index (χ4v) is 1.32. The number of rotatable bonds is 4. The number of carboxylic acid groups (broad SMARTS) is 1. The zero-order chi connectivity index (χ0) is 12.3. The molecule has 1 aromatic heterocycles. The van der Waals surface area contributed by atoms with Gasteiger partial charge in [0, 0.05) is 7.05 Å².